The van der Waals surface area contributed by atoms with Crippen LogP contribution in [0.15, 0.2) is 18.6 Å². The van der Waals surface area contributed by atoms with Gasteiger partial charge >= 0.3 is 0 Å². The number of hydrogen-bond donors (Lipinski definition) is 1. The van der Waals surface area contributed by atoms with E-state index in [4.69, 9.17) is 4.74 Å². The molecule has 1 aliphatic rings. The molecule has 21 heavy (non-hydrogen) atoms. The Morgan fingerprint density at radius 3 is 3.14 bits per heavy atom. The molecule has 114 valence electrons. The van der Waals surface area contributed by atoms with Crippen molar-refractivity contribution in [2.24, 2.45) is 0 Å². The highest BCUT2D eigenvalue weighted by Gasteiger charge is 2.24. The first-order chi connectivity index (χ1) is 10.3. The Balaban J connectivity index is 1.76. The Morgan fingerprint density at radius 2 is 2.38 bits per heavy atom. The summed E-state index contributed by atoms with van der Waals surface area (Å²) in [5.41, 5.74) is 3.45. The molecule has 0 fully saturated rings. The number of aryl methyl sites for hydroxylation is 2. The lowest BCUT2D eigenvalue weighted by molar-refractivity contribution is 0.0553. The second-order valence-corrected chi connectivity index (χ2v) is 5.63. The van der Waals surface area contributed by atoms with Crippen molar-refractivity contribution in [1.82, 2.24) is 24.6 Å². The van der Waals surface area contributed by atoms with Crippen molar-refractivity contribution >= 4 is 0 Å². The van der Waals surface area contributed by atoms with E-state index in [1.54, 1.807) is 0 Å². The minimum Gasteiger partial charge on any atom is -0.380 e. The van der Waals surface area contributed by atoms with Crippen LogP contribution in [0.1, 0.15) is 30.4 Å². The number of aromatic nitrogens is 4. The Kier molecular flexibility index (Phi) is 4.36. The predicted octanol–water partition coefficient (Wildman–Crippen LogP) is 1.73. The van der Waals surface area contributed by atoms with E-state index in [9.17, 15) is 0 Å². The highest BCUT2D eigenvalue weighted by molar-refractivity contribution is 5.08. The second-order valence-electron chi connectivity index (χ2n) is 5.63. The molecule has 6 nitrogen and oxygen atoms in total. The van der Waals surface area contributed by atoms with E-state index in [0.29, 0.717) is 6.04 Å². The van der Waals surface area contributed by atoms with E-state index in [2.05, 4.69) is 30.7 Å². The first kappa shape index (κ1) is 14.3. The fourth-order valence-electron chi connectivity index (χ4n) is 2.88. The molecule has 0 aliphatic carbocycles. The van der Waals surface area contributed by atoms with Gasteiger partial charge in [-0.15, -0.1) is 0 Å². The fraction of sp³-hybridized carbons (Fsp3) is 0.600. The van der Waals surface area contributed by atoms with Crippen LogP contribution >= 0.6 is 0 Å². The van der Waals surface area contributed by atoms with E-state index in [0.717, 1.165) is 50.7 Å². The van der Waals surface area contributed by atoms with E-state index in [-0.39, 0.29) is 0 Å². The molecular weight excluding hydrogens is 266 g/mol. The molecule has 6 heteroatoms. The molecule has 0 unspecified atom stereocenters. The number of nitrogens with one attached hydrogen (secondary N) is 1. The van der Waals surface area contributed by atoms with Crippen molar-refractivity contribution in [3.63, 3.8) is 0 Å². The average molecular weight is 289 g/mol. The van der Waals surface area contributed by atoms with Crippen LogP contribution in [-0.4, -0.2) is 43.9 Å². The largest absolute Gasteiger partial charge is 0.380 e. The van der Waals surface area contributed by atoms with Crippen LogP contribution in [0.2, 0.25) is 0 Å². The highest BCUT2D eigenvalue weighted by Crippen LogP contribution is 2.20. The van der Waals surface area contributed by atoms with Gasteiger partial charge in [-0.1, -0.05) is 0 Å². The number of rotatable bonds is 5. The maximum atomic E-state index is 5.68. The number of ether oxygens (including phenoxy) is 1. The number of hydrogen-bond acceptors (Lipinski definition) is 4. The molecule has 0 aromatic carbocycles. The van der Waals surface area contributed by atoms with Gasteiger partial charge < -0.3 is 9.30 Å². The Hall–Kier alpha value is -1.66. The molecule has 2 aromatic heterocycles. The topological polar surface area (TPSA) is 59.0 Å². The highest BCUT2D eigenvalue weighted by atomic mass is 16.5. The molecule has 3 rings (SSSR count). The minimum absolute atomic E-state index is 0.418. The van der Waals surface area contributed by atoms with Crippen LogP contribution in [0.4, 0.5) is 0 Å². The number of nitrogens with zero attached hydrogens (tertiary/aromatic N) is 4. The smallest absolute Gasteiger partial charge is 0.0948 e. The third kappa shape index (κ3) is 3.33. The molecule has 1 N–H and O–H groups in total. The predicted molar refractivity (Wildman–Crippen MR) is 79.7 cm³/mol. The summed E-state index contributed by atoms with van der Waals surface area (Å²) in [5, 5.41) is 7.39. The first-order valence-electron chi connectivity index (χ1n) is 7.58. The van der Waals surface area contributed by atoms with Crippen LogP contribution in [0.25, 0.3) is 0 Å². The van der Waals surface area contributed by atoms with Crippen molar-refractivity contribution in [2.75, 3.05) is 13.2 Å². The number of aromatic amines is 1. The van der Waals surface area contributed by atoms with Gasteiger partial charge in [0.1, 0.15) is 0 Å². The normalized spacial score (nSPS) is 19.4. The maximum absolute atomic E-state index is 5.68. The van der Waals surface area contributed by atoms with Gasteiger partial charge in [0.05, 0.1) is 24.3 Å². The lowest BCUT2D eigenvalue weighted by atomic mass is 10.1. The van der Waals surface area contributed by atoms with Crippen LogP contribution < -0.4 is 0 Å². The second kappa shape index (κ2) is 6.41. The lowest BCUT2D eigenvalue weighted by Gasteiger charge is -2.28. The molecule has 0 bridgehead atoms. The summed E-state index contributed by atoms with van der Waals surface area (Å²) >= 11 is 0. The van der Waals surface area contributed by atoms with Gasteiger partial charge in [-0.3, -0.25) is 10.00 Å². The average Bonchev–Trinajstić information content (AvgIpc) is 3.04. The van der Waals surface area contributed by atoms with Crippen molar-refractivity contribution in [3.8, 4) is 0 Å². The fourth-order valence-corrected chi connectivity index (χ4v) is 2.88. The molecule has 2 aromatic rings. The molecule has 1 atom stereocenters. The van der Waals surface area contributed by atoms with Gasteiger partial charge in [0.2, 0.25) is 0 Å². The van der Waals surface area contributed by atoms with Crippen LogP contribution in [0.3, 0.4) is 0 Å². The third-order valence-corrected chi connectivity index (χ3v) is 4.02. The zero-order chi connectivity index (χ0) is 14.7. The molecular formula is C15H23N5O. The third-order valence-electron chi connectivity index (χ3n) is 4.02. The minimum atomic E-state index is 0.418. The first-order valence-corrected chi connectivity index (χ1v) is 7.58. The summed E-state index contributed by atoms with van der Waals surface area (Å²) in [6.07, 6.45) is 4.97. The van der Waals surface area contributed by atoms with Gasteiger partial charge in [-0.2, -0.15) is 5.10 Å². The zero-order valence-electron chi connectivity index (χ0n) is 12.7. The number of fused-ring (bicyclic) bond motifs is 1. The summed E-state index contributed by atoms with van der Waals surface area (Å²) in [7, 11) is 0. The molecule has 0 spiro atoms. The molecule has 0 saturated heterocycles. The van der Waals surface area contributed by atoms with Gasteiger partial charge in [0.15, 0.2) is 0 Å². The SMILES string of the molecule is CCOC[C@@H]1CCn2cncc2CN1Cc1cc(C)[nH]n1. The monoisotopic (exact) mass is 289 g/mol. The van der Waals surface area contributed by atoms with E-state index >= 15 is 0 Å². The van der Waals surface area contributed by atoms with E-state index < -0.39 is 0 Å². The van der Waals surface area contributed by atoms with Crippen LogP contribution in [0.5, 0.6) is 0 Å². The number of H-pyrrole nitrogens is 1. The molecule has 0 radical (unpaired) electrons. The Bertz CT molecular complexity index is 576. The van der Waals surface area contributed by atoms with Crippen molar-refractivity contribution in [3.05, 3.63) is 35.7 Å². The van der Waals surface area contributed by atoms with Crippen molar-refractivity contribution in [1.29, 1.82) is 0 Å². The maximum Gasteiger partial charge on any atom is 0.0948 e. The zero-order valence-corrected chi connectivity index (χ0v) is 12.7. The van der Waals surface area contributed by atoms with Gasteiger partial charge in [0, 0.05) is 44.2 Å². The van der Waals surface area contributed by atoms with E-state index in [1.807, 2.05) is 26.4 Å². The summed E-state index contributed by atoms with van der Waals surface area (Å²) in [6, 6.07) is 2.53. The van der Waals surface area contributed by atoms with Crippen LogP contribution in [0, 0.1) is 6.92 Å². The van der Waals surface area contributed by atoms with Gasteiger partial charge in [0.25, 0.3) is 0 Å². The van der Waals surface area contributed by atoms with Gasteiger partial charge in [-0.25, -0.2) is 4.98 Å². The van der Waals surface area contributed by atoms with Gasteiger partial charge in [-0.05, 0) is 26.3 Å². The standard InChI is InChI=1S/C15H23N5O/c1-3-21-10-14-4-5-19-11-16-7-15(19)9-20(14)8-13-6-12(2)17-18-13/h6-7,11,14H,3-5,8-10H2,1-2H3,(H,17,18)/t14-/m0/s1. The molecule has 0 saturated carbocycles. The van der Waals surface area contributed by atoms with Crippen molar-refractivity contribution in [2.45, 2.75) is 45.9 Å². The van der Waals surface area contributed by atoms with E-state index in [1.165, 1.54) is 5.69 Å². The molecule has 3 heterocycles. The van der Waals surface area contributed by atoms with Crippen molar-refractivity contribution < 1.29 is 4.74 Å². The summed E-state index contributed by atoms with van der Waals surface area (Å²) in [6.45, 7) is 8.36. The lowest BCUT2D eigenvalue weighted by Crippen LogP contribution is -2.37. The Labute approximate surface area is 125 Å². The number of imidazole rings is 1. The molecule has 0 amide bonds. The summed E-state index contributed by atoms with van der Waals surface area (Å²) < 4.78 is 7.93. The quantitative estimate of drug-likeness (QED) is 0.910. The summed E-state index contributed by atoms with van der Waals surface area (Å²) in [4.78, 5) is 6.71. The van der Waals surface area contributed by atoms with Crippen LogP contribution in [-0.2, 0) is 24.4 Å². The molecule has 1 aliphatic heterocycles. The Morgan fingerprint density at radius 1 is 1.48 bits per heavy atom. The summed E-state index contributed by atoms with van der Waals surface area (Å²) in [5.74, 6) is 0.